The first kappa shape index (κ1) is 47.1. The molecule has 2 unspecified atom stereocenters. The number of esters is 2. The third-order valence-corrected chi connectivity index (χ3v) is 11.0. The molecule has 0 bridgehead atoms. The highest BCUT2D eigenvalue weighted by Gasteiger charge is 2.22. The third-order valence-electron chi connectivity index (χ3n) is 8.72. The summed E-state index contributed by atoms with van der Waals surface area (Å²) in [5.41, 5.74) is 1.41. The average molecular weight is 873 g/mol. The van der Waals surface area contributed by atoms with Crippen molar-refractivity contribution in [3.8, 4) is 34.5 Å². The summed E-state index contributed by atoms with van der Waals surface area (Å²) < 4.78 is 93.2. The molecule has 4 aromatic rings. The zero-order valence-electron chi connectivity index (χ0n) is 34.4. The highest BCUT2D eigenvalue weighted by molar-refractivity contribution is 7.91. The summed E-state index contributed by atoms with van der Waals surface area (Å²) in [5.74, 6) is -0.550. The Morgan fingerprint density at radius 1 is 0.533 bits per heavy atom. The van der Waals surface area contributed by atoms with E-state index in [1.165, 1.54) is 24.3 Å². The van der Waals surface area contributed by atoms with E-state index in [1.807, 2.05) is 50.2 Å². The predicted octanol–water partition coefficient (Wildman–Crippen LogP) is 4.17. The van der Waals surface area contributed by atoms with Gasteiger partial charge in [0, 0.05) is 37.7 Å². The van der Waals surface area contributed by atoms with E-state index in [0.717, 1.165) is 12.5 Å². The first-order chi connectivity index (χ1) is 28.6. The SMILES string of the molecule is COc1ccccc1OCCNC(C)Cc1ccc(OCOC(=O)C(=O)OCOc2ccc(CC(C)NCCOc3ccccc3OC)cc2S(C)(=O)=O)c(S(C)(=O)=O)c1. The molecular weight excluding hydrogens is 821 g/mol. The van der Waals surface area contributed by atoms with Crippen LogP contribution in [0.2, 0.25) is 0 Å². The van der Waals surface area contributed by atoms with E-state index in [2.05, 4.69) is 10.6 Å². The van der Waals surface area contributed by atoms with Gasteiger partial charge >= 0.3 is 11.9 Å². The normalized spacial score (nSPS) is 12.4. The van der Waals surface area contributed by atoms with Crippen molar-refractivity contribution in [2.24, 2.45) is 0 Å². The van der Waals surface area contributed by atoms with E-state index in [-0.39, 0.29) is 33.4 Å². The number of hydrogen-bond acceptors (Lipinski definition) is 16. The van der Waals surface area contributed by atoms with Crippen LogP contribution in [0.5, 0.6) is 34.5 Å². The molecule has 4 rings (SSSR count). The predicted molar refractivity (Wildman–Crippen MR) is 222 cm³/mol. The van der Waals surface area contributed by atoms with E-state index >= 15 is 0 Å². The lowest BCUT2D eigenvalue weighted by molar-refractivity contribution is -0.175. The Labute approximate surface area is 351 Å². The van der Waals surface area contributed by atoms with Gasteiger partial charge in [0.05, 0.1) is 14.2 Å². The number of carbonyl (C=O) groups excluding carboxylic acids is 2. The fourth-order valence-electron chi connectivity index (χ4n) is 5.85. The fraction of sp³-hybridized carbons (Fsp3) is 0.381. The zero-order chi connectivity index (χ0) is 43.7. The molecule has 0 aliphatic heterocycles. The Kier molecular flexibility index (Phi) is 17.8. The number of sulfone groups is 2. The summed E-state index contributed by atoms with van der Waals surface area (Å²) in [6.07, 6.45) is 3.00. The quantitative estimate of drug-likeness (QED) is 0.0440. The van der Waals surface area contributed by atoms with Crippen LogP contribution in [-0.2, 0) is 51.6 Å². The Hall–Kier alpha value is -5.56. The van der Waals surface area contributed by atoms with Crippen molar-refractivity contribution in [3.05, 3.63) is 96.1 Å². The second kappa shape index (κ2) is 22.7. The second-order valence-electron chi connectivity index (χ2n) is 13.6. The van der Waals surface area contributed by atoms with E-state index in [0.29, 0.717) is 73.3 Å². The van der Waals surface area contributed by atoms with Crippen LogP contribution >= 0.6 is 0 Å². The summed E-state index contributed by atoms with van der Waals surface area (Å²) >= 11 is 0. The van der Waals surface area contributed by atoms with Crippen molar-refractivity contribution < 1.29 is 64.3 Å². The maximum atomic E-state index is 12.6. The maximum absolute atomic E-state index is 12.6. The van der Waals surface area contributed by atoms with Gasteiger partial charge in [-0.3, -0.25) is 0 Å². The summed E-state index contributed by atoms with van der Waals surface area (Å²) in [6, 6.07) is 23.7. The molecule has 0 fully saturated rings. The van der Waals surface area contributed by atoms with Gasteiger partial charge in [0.2, 0.25) is 13.6 Å². The number of methoxy groups -OCH3 is 2. The smallest absolute Gasteiger partial charge is 0.420 e. The lowest BCUT2D eigenvalue weighted by Crippen LogP contribution is -2.31. The van der Waals surface area contributed by atoms with Crippen molar-refractivity contribution in [1.29, 1.82) is 0 Å². The molecule has 0 saturated carbocycles. The van der Waals surface area contributed by atoms with Crippen LogP contribution < -0.4 is 39.1 Å². The molecule has 0 heterocycles. The summed E-state index contributed by atoms with van der Waals surface area (Å²) in [4.78, 5) is 24.4. The number of carbonyl (C=O) groups is 2. The van der Waals surface area contributed by atoms with Gasteiger partial charge in [0.15, 0.2) is 42.7 Å². The molecule has 0 aliphatic rings. The molecule has 60 heavy (non-hydrogen) atoms. The van der Waals surface area contributed by atoms with Gasteiger partial charge in [-0.1, -0.05) is 36.4 Å². The van der Waals surface area contributed by atoms with Gasteiger partial charge in [0.25, 0.3) is 0 Å². The molecule has 0 aromatic heterocycles. The highest BCUT2D eigenvalue weighted by Crippen LogP contribution is 2.29. The molecule has 0 spiro atoms. The minimum atomic E-state index is -3.77. The van der Waals surface area contributed by atoms with E-state index in [4.69, 9.17) is 37.9 Å². The van der Waals surface area contributed by atoms with E-state index in [9.17, 15) is 26.4 Å². The zero-order valence-corrected chi connectivity index (χ0v) is 36.1. The van der Waals surface area contributed by atoms with Crippen LogP contribution in [0, 0.1) is 0 Å². The number of nitrogens with one attached hydrogen (secondary N) is 2. The molecule has 0 amide bonds. The van der Waals surface area contributed by atoms with Crippen molar-refractivity contribution in [1.82, 2.24) is 10.6 Å². The number of benzene rings is 4. The minimum Gasteiger partial charge on any atom is -0.493 e. The van der Waals surface area contributed by atoms with Gasteiger partial charge in [-0.25, -0.2) is 26.4 Å². The first-order valence-electron chi connectivity index (χ1n) is 18.8. The lowest BCUT2D eigenvalue weighted by atomic mass is 10.1. The third kappa shape index (κ3) is 14.9. The number of rotatable bonds is 24. The van der Waals surface area contributed by atoms with Crippen LogP contribution in [0.3, 0.4) is 0 Å². The van der Waals surface area contributed by atoms with E-state index in [1.54, 1.807) is 38.5 Å². The first-order valence-corrected chi connectivity index (χ1v) is 22.6. The fourth-order valence-corrected chi connectivity index (χ4v) is 7.56. The molecule has 4 aromatic carbocycles. The molecule has 16 nitrogen and oxygen atoms in total. The maximum Gasteiger partial charge on any atom is 0.420 e. The largest absolute Gasteiger partial charge is 0.493 e. The molecule has 2 atom stereocenters. The van der Waals surface area contributed by atoms with Crippen LogP contribution in [0.1, 0.15) is 25.0 Å². The summed E-state index contributed by atoms with van der Waals surface area (Å²) in [6.45, 7) is 4.10. The molecule has 0 radical (unpaired) electrons. The Bertz CT molecular complexity index is 2110. The van der Waals surface area contributed by atoms with Gasteiger partial charge in [-0.15, -0.1) is 0 Å². The highest BCUT2D eigenvalue weighted by atomic mass is 32.2. The molecule has 0 aliphatic carbocycles. The van der Waals surface area contributed by atoms with Crippen LogP contribution in [0.15, 0.2) is 94.7 Å². The topological polar surface area (TPSA) is 200 Å². The monoisotopic (exact) mass is 872 g/mol. The van der Waals surface area contributed by atoms with Crippen LogP contribution in [0.4, 0.5) is 0 Å². The van der Waals surface area contributed by atoms with Gasteiger partial charge in [-0.05, 0) is 86.3 Å². The molecule has 326 valence electrons. The standard InChI is InChI=1S/C42H52N2O14S2/c1-29(43-19-21-53-35-13-9-7-11-33(35)51-3)23-31-15-17-37(39(25-31)59(5,47)48)55-27-57-41(45)42(46)58-28-56-38-18-16-32(26-40(38)60(6,49)50)24-30(2)44-20-22-54-36-14-10-8-12-34(36)52-4/h7-18,25-26,29-30,43-44H,19-24,27-28H2,1-6H3. The Morgan fingerprint density at radius 2 is 0.900 bits per heavy atom. The van der Waals surface area contributed by atoms with Crippen molar-refractivity contribution in [2.45, 2.75) is 48.6 Å². The molecule has 0 saturated heterocycles. The minimum absolute atomic E-state index is 0.0431. The van der Waals surface area contributed by atoms with E-state index < -0.39 is 45.2 Å². The second-order valence-corrected chi connectivity index (χ2v) is 17.6. The van der Waals surface area contributed by atoms with Crippen molar-refractivity contribution in [2.75, 3.05) is 66.6 Å². The van der Waals surface area contributed by atoms with Crippen molar-refractivity contribution in [3.63, 3.8) is 0 Å². The Balaban J connectivity index is 1.21. The molecule has 18 heteroatoms. The lowest BCUT2D eigenvalue weighted by Gasteiger charge is -2.17. The Morgan fingerprint density at radius 3 is 1.25 bits per heavy atom. The average Bonchev–Trinajstić information content (AvgIpc) is 3.21. The van der Waals surface area contributed by atoms with Crippen LogP contribution in [0.25, 0.3) is 0 Å². The van der Waals surface area contributed by atoms with Gasteiger partial charge in [0.1, 0.15) is 34.5 Å². The van der Waals surface area contributed by atoms with Gasteiger partial charge < -0.3 is 48.5 Å². The number of hydrogen-bond donors (Lipinski definition) is 2. The van der Waals surface area contributed by atoms with Crippen molar-refractivity contribution >= 4 is 31.6 Å². The number of para-hydroxylation sites is 4. The summed E-state index contributed by atoms with van der Waals surface area (Å²) in [5, 5.41) is 6.66. The van der Waals surface area contributed by atoms with Crippen LogP contribution in [-0.4, -0.2) is 107 Å². The molecule has 2 N–H and O–H groups in total. The molecular formula is C42H52N2O14S2. The number of ether oxygens (including phenoxy) is 8. The summed E-state index contributed by atoms with van der Waals surface area (Å²) in [7, 11) is -4.41. The van der Waals surface area contributed by atoms with Gasteiger partial charge in [-0.2, -0.15) is 0 Å².